The molecule has 5 nitrogen and oxygen atoms in total. The molecule has 2 aromatic carbocycles. The first kappa shape index (κ1) is 17.2. The lowest BCUT2D eigenvalue weighted by Gasteiger charge is -2.19. The number of amides is 1. The molecule has 0 spiro atoms. The molecule has 0 aliphatic carbocycles. The van der Waals surface area contributed by atoms with Crippen molar-refractivity contribution in [2.75, 3.05) is 7.05 Å². The fourth-order valence-corrected chi connectivity index (χ4v) is 3.70. The van der Waals surface area contributed by atoms with Crippen LogP contribution in [0.25, 0.3) is 21.8 Å². The largest absolute Gasteiger partial charge is 0.337 e. The molecule has 2 aromatic heterocycles. The van der Waals surface area contributed by atoms with Gasteiger partial charge >= 0.3 is 0 Å². The Morgan fingerprint density at radius 2 is 1.85 bits per heavy atom. The van der Waals surface area contributed by atoms with E-state index in [0.29, 0.717) is 12.1 Å². The van der Waals surface area contributed by atoms with E-state index < -0.39 is 0 Å². The third kappa shape index (κ3) is 2.95. The van der Waals surface area contributed by atoms with Gasteiger partial charge in [0.2, 0.25) is 0 Å². The van der Waals surface area contributed by atoms with Gasteiger partial charge in [-0.15, -0.1) is 0 Å². The normalized spacial score (nSPS) is 11.3. The van der Waals surface area contributed by atoms with Gasteiger partial charge in [-0.3, -0.25) is 9.48 Å². The van der Waals surface area contributed by atoms with E-state index in [2.05, 4.69) is 34.3 Å². The van der Waals surface area contributed by atoms with Crippen LogP contribution in [0.4, 0.5) is 0 Å². The third-order valence-electron chi connectivity index (χ3n) is 4.96. The molecule has 136 valence electrons. The van der Waals surface area contributed by atoms with Gasteiger partial charge in [-0.25, -0.2) is 4.98 Å². The topological polar surface area (TPSA) is 51.0 Å². The zero-order valence-electron chi connectivity index (χ0n) is 16.0. The lowest BCUT2D eigenvalue weighted by molar-refractivity contribution is 0.0787. The Bertz CT molecular complexity index is 1170. The molecule has 0 bridgehead atoms. The van der Waals surface area contributed by atoms with E-state index in [1.54, 1.807) is 9.58 Å². The van der Waals surface area contributed by atoms with Gasteiger partial charge in [0.25, 0.3) is 5.91 Å². The van der Waals surface area contributed by atoms with Crippen molar-refractivity contribution in [3.05, 3.63) is 71.0 Å². The summed E-state index contributed by atoms with van der Waals surface area (Å²) in [6.45, 7) is 4.37. The summed E-state index contributed by atoms with van der Waals surface area (Å²) in [5.74, 6) is -0.0189. The molecule has 1 amide bonds. The molecule has 4 aromatic rings. The highest BCUT2D eigenvalue weighted by atomic mass is 16.2. The molecular weight excluding hydrogens is 336 g/mol. The van der Waals surface area contributed by atoms with Crippen molar-refractivity contribution in [1.82, 2.24) is 19.7 Å². The number of carbonyl (C=O) groups is 1. The van der Waals surface area contributed by atoms with Crippen molar-refractivity contribution in [1.29, 1.82) is 0 Å². The number of rotatable bonds is 3. The van der Waals surface area contributed by atoms with Crippen LogP contribution < -0.4 is 0 Å². The van der Waals surface area contributed by atoms with Crippen LogP contribution in [0.5, 0.6) is 0 Å². The minimum absolute atomic E-state index is 0.0189. The van der Waals surface area contributed by atoms with Crippen LogP contribution in [0.1, 0.15) is 27.3 Å². The number of hydrogen-bond donors (Lipinski definition) is 0. The minimum Gasteiger partial charge on any atom is -0.337 e. The summed E-state index contributed by atoms with van der Waals surface area (Å²) in [5.41, 5.74) is 4.17. The van der Waals surface area contributed by atoms with E-state index in [-0.39, 0.29) is 5.91 Å². The van der Waals surface area contributed by atoms with Gasteiger partial charge in [-0.05, 0) is 36.2 Å². The second-order valence-electron chi connectivity index (χ2n) is 7.02. The molecule has 0 aliphatic rings. The number of aryl methyl sites for hydroxylation is 3. The minimum atomic E-state index is -0.0189. The Labute approximate surface area is 158 Å². The molecule has 0 saturated heterocycles. The summed E-state index contributed by atoms with van der Waals surface area (Å²) in [5, 5.41) is 7.63. The van der Waals surface area contributed by atoms with E-state index in [9.17, 15) is 4.79 Å². The third-order valence-corrected chi connectivity index (χ3v) is 4.96. The standard InChI is InChI=1S/C22H22N4O/c1-14-12-19(20-15(2)24-26(4)21(20)23-14)22(27)25(3)13-17-10-7-9-16-8-5-6-11-18(16)17/h5-12H,13H2,1-4H3. The van der Waals surface area contributed by atoms with Gasteiger partial charge in [0.05, 0.1) is 16.6 Å². The fraction of sp³-hybridized carbons (Fsp3) is 0.227. The van der Waals surface area contributed by atoms with Gasteiger partial charge in [0, 0.05) is 26.3 Å². The lowest BCUT2D eigenvalue weighted by atomic mass is 10.0. The highest BCUT2D eigenvalue weighted by Gasteiger charge is 2.21. The summed E-state index contributed by atoms with van der Waals surface area (Å²) < 4.78 is 1.74. The average molecular weight is 358 g/mol. The molecule has 0 N–H and O–H groups in total. The van der Waals surface area contributed by atoms with Crippen molar-refractivity contribution in [2.45, 2.75) is 20.4 Å². The van der Waals surface area contributed by atoms with Gasteiger partial charge in [-0.2, -0.15) is 5.10 Å². The van der Waals surface area contributed by atoms with E-state index in [1.807, 2.05) is 52.2 Å². The zero-order chi connectivity index (χ0) is 19.1. The Kier molecular flexibility index (Phi) is 4.15. The van der Waals surface area contributed by atoms with E-state index >= 15 is 0 Å². The average Bonchev–Trinajstić information content (AvgIpc) is 2.94. The van der Waals surface area contributed by atoms with Gasteiger partial charge in [0.1, 0.15) is 0 Å². The Morgan fingerprint density at radius 3 is 2.67 bits per heavy atom. The molecule has 0 fully saturated rings. The quantitative estimate of drug-likeness (QED) is 0.556. The first-order valence-electron chi connectivity index (χ1n) is 8.99. The molecule has 4 rings (SSSR count). The second kappa shape index (κ2) is 6.50. The van der Waals surface area contributed by atoms with Crippen LogP contribution in [-0.2, 0) is 13.6 Å². The highest BCUT2D eigenvalue weighted by molar-refractivity contribution is 6.06. The Hall–Kier alpha value is -3.21. The second-order valence-corrected chi connectivity index (χ2v) is 7.02. The molecule has 0 atom stereocenters. The SMILES string of the molecule is Cc1cc(C(=O)N(C)Cc2cccc3ccccc23)c2c(C)nn(C)c2n1. The molecule has 27 heavy (non-hydrogen) atoms. The summed E-state index contributed by atoms with van der Waals surface area (Å²) in [4.78, 5) is 19.6. The first-order chi connectivity index (χ1) is 13.0. The zero-order valence-corrected chi connectivity index (χ0v) is 16.0. The van der Waals surface area contributed by atoms with Crippen molar-refractivity contribution in [3.8, 4) is 0 Å². The summed E-state index contributed by atoms with van der Waals surface area (Å²) in [7, 11) is 3.70. The van der Waals surface area contributed by atoms with E-state index in [4.69, 9.17) is 0 Å². The van der Waals surface area contributed by atoms with Crippen LogP contribution in [-0.4, -0.2) is 32.6 Å². The number of nitrogens with zero attached hydrogens (tertiary/aromatic N) is 4. The monoisotopic (exact) mass is 358 g/mol. The molecule has 0 aliphatic heterocycles. The van der Waals surface area contributed by atoms with Crippen LogP contribution >= 0.6 is 0 Å². The summed E-state index contributed by atoms with van der Waals surface area (Å²) in [6.07, 6.45) is 0. The Balaban J connectivity index is 1.74. The molecule has 0 radical (unpaired) electrons. The lowest BCUT2D eigenvalue weighted by Crippen LogP contribution is -2.26. The van der Waals surface area contributed by atoms with Crippen LogP contribution in [0.2, 0.25) is 0 Å². The van der Waals surface area contributed by atoms with E-state index in [0.717, 1.165) is 28.0 Å². The van der Waals surface area contributed by atoms with Crippen LogP contribution in [0.3, 0.4) is 0 Å². The smallest absolute Gasteiger partial charge is 0.254 e. The van der Waals surface area contributed by atoms with Gasteiger partial charge < -0.3 is 4.90 Å². The van der Waals surface area contributed by atoms with Crippen molar-refractivity contribution >= 4 is 27.7 Å². The Morgan fingerprint density at radius 1 is 1.11 bits per heavy atom. The number of hydrogen-bond acceptors (Lipinski definition) is 3. The first-order valence-corrected chi connectivity index (χ1v) is 8.99. The summed E-state index contributed by atoms with van der Waals surface area (Å²) >= 11 is 0. The van der Waals surface area contributed by atoms with Crippen LogP contribution in [0.15, 0.2) is 48.5 Å². The predicted molar refractivity (Wildman–Crippen MR) is 108 cm³/mol. The van der Waals surface area contributed by atoms with Crippen molar-refractivity contribution in [2.24, 2.45) is 7.05 Å². The molecule has 2 heterocycles. The number of benzene rings is 2. The van der Waals surface area contributed by atoms with Crippen molar-refractivity contribution in [3.63, 3.8) is 0 Å². The maximum absolute atomic E-state index is 13.3. The number of carbonyl (C=O) groups excluding carboxylic acids is 1. The van der Waals surface area contributed by atoms with E-state index in [1.165, 1.54) is 10.8 Å². The summed E-state index contributed by atoms with van der Waals surface area (Å²) in [6, 6.07) is 16.3. The molecule has 0 unspecified atom stereocenters. The predicted octanol–water partition coefficient (Wildman–Crippen LogP) is 4.01. The molecule has 5 heteroatoms. The maximum atomic E-state index is 13.3. The molecular formula is C22H22N4O. The van der Waals surface area contributed by atoms with Crippen molar-refractivity contribution < 1.29 is 4.79 Å². The number of aromatic nitrogens is 3. The molecule has 0 saturated carbocycles. The number of fused-ring (bicyclic) bond motifs is 2. The fourth-order valence-electron chi connectivity index (χ4n) is 3.70. The highest BCUT2D eigenvalue weighted by Crippen LogP contribution is 2.24. The number of pyridine rings is 1. The van der Waals surface area contributed by atoms with Gasteiger partial charge in [-0.1, -0.05) is 42.5 Å². The van der Waals surface area contributed by atoms with Gasteiger partial charge in [0.15, 0.2) is 5.65 Å². The van der Waals surface area contributed by atoms with Crippen LogP contribution in [0, 0.1) is 13.8 Å². The maximum Gasteiger partial charge on any atom is 0.254 e.